The van der Waals surface area contributed by atoms with Crippen molar-refractivity contribution in [1.82, 2.24) is 4.98 Å². The van der Waals surface area contributed by atoms with E-state index in [1.54, 1.807) is 32.7 Å². The van der Waals surface area contributed by atoms with Crippen LogP contribution in [0, 0.1) is 0 Å². The standard InChI is InChI=1S/C10H19NO3SSi/c1-12-16(13-2,14-3)7-5-4-6-10-8-11-9-15-10/h8-9H,4-7H2,1-3H3. The molecule has 0 saturated heterocycles. The van der Waals surface area contributed by atoms with E-state index in [0.717, 1.165) is 25.3 Å². The first kappa shape index (κ1) is 13.8. The Balaban J connectivity index is 2.23. The predicted octanol–water partition coefficient (Wildman–Crippen LogP) is 2.34. The van der Waals surface area contributed by atoms with Crippen LogP contribution in [0.25, 0.3) is 0 Å². The molecular weight excluding hydrogens is 242 g/mol. The third kappa shape index (κ3) is 3.95. The van der Waals surface area contributed by atoms with Gasteiger partial charge in [-0.25, -0.2) is 0 Å². The first-order valence-electron chi connectivity index (χ1n) is 5.29. The number of hydrogen-bond donors (Lipinski definition) is 0. The van der Waals surface area contributed by atoms with Crippen molar-refractivity contribution in [2.45, 2.75) is 25.3 Å². The Morgan fingerprint density at radius 3 is 2.38 bits per heavy atom. The number of thiazole rings is 1. The van der Waals surface area contributed by atoms with Gasteiger partial charge in [0.15, 0.2) is 0 Å². The van der Waals surface area contributed by atoms with E-state index >= 15 is 0 Å². The number of aryl methyl sites for hydroxylation is 1. The van der Waals surface area contributed by atoms with Crippen molar-refractivity contribution in [1.29, 1.82) is 0 Å². The zero-order chi connectivity index (χ0) is 11.9. The van der Waals surface area contributed by atoms with Crippen molar-refractivity contribution in [2.75, 3.05) is 21.3 Å². The third-order valence-corrected chi connectivity index (χ3v) is 6.24. The van der Waals surface area contributed by atoms with Crippen LogP contribution >= 0.6 is 11.3 Å². The van der Waals surface area contributed by atoms with E-state index in [9.17, 15) is 0 Å². The van der Waals surface area contributed by atoms with Crippen molar-refractivity contribution in [3.8, 4) is 0 Å². The van der Waals surface area contributed by atoms with E-state index in [4.69, 9.17) is 13.3 Å². The van der Waals surface area contributed by atoms with Gasteiger partial charge in [0.05, 0.1) is 5.51 Å². The van der Waals surface area contributed by atoms with Gasteiger partial charge in [0.2, 0.25) is 0 Å². The monoisotopic (exact) mass is 261 g/mol. The number of nitrogens with zero attached hydrogens (tertiary/aromatic N) is 1. The first-order chi connectivity index (χ1) is 7.76. The molecule has 1 aromatic rings. The van der Waals surface area contributed by atoms with Crippen LogP contribution in [0.3, 0.4) is 0 Å². The SMILES string of the molecule is CO[Si](CCCCc1cncs1)(OC)OC. The highest BCUT2D eigenvalue weighted by Crippen LogP contribution is 2.18. The van der Waals surface area contributed by atoms with Gasteiger partial charge in [0.1, 0.15) is 0 Å². The lowest BCUT2D eigenvalue weighted by Gasteiger charge is -2.24. The van der Waals surface area contributed by atoms with Gasteiger partial charge >= 0.3 is 8.80 Å². The van der Waals surface area contributed by atoms with Gasteiger partial charge in [-0.1, -0.05) is 0 Å². The van der Waals surface area contributed by atoms with Crippen LogP contribution in [0.2, 0.25) is 6.04 Å². The summed E-state index contributed by atoms with van der Waals surface area (Å²) < 4.78 is 16.1. The van der Waals surface area contributed by atoms with Crippen LogP contribution in [-0.2, 0) is 19.7 Å². The molecule has 1 rings (SSSR count). The molecule has 92 valence electrons. The molecule has 0 amide bonds. The van der Waals surface area contributed by atoms with Gasteiger partial charge < -0.3 is 13.3 Å². The van der Waals surface area contributed by atoms with Crippen LogP contribution in [0.4, 0.5) is 0 Å². The summed E-state index contributed by atoms with van der Waals surface area (Å²) in [5.74, 6) is 0. The molecule has 0 unspecified atom stereocenters. The van der Waals surface area contributed by atoms with Crippen molar-refractivity contribution < 1.29 is 13.3 Å². The highest BCUT2D eigenvalue weighted by Gasteiger charge is 2.36. The zero-order valence-electron chi connectivity index (χ0n) is 10.1. The highest BCUT2D eigenvalue weighted by molar-refractivity contribution is 7.09. The topological polar surface area (TPSA) is 40.6 Å². The van der Waals surface area contributed by atoms with E-state index in [2.05, 4.69) is 4.98 Å². The lowest BCUT2D eigenvalue weighted by atomic mass is 10.2. The number of hydrogen-bond acceptors (Lipinski definition) is 5. The lowest BCUT2D eigenvalue weighted by molar-refractivity contribution is 0.123. The second kappa shape index (κ2) is 7.13. The molecule has 0 aliphatic rings. The predicted molar refractivity (Wildman–Crippen MR) is 66.6 cm³/mol. The van der Waals surface area contributed by atoms with Gasteiger partial charge in [-0.2, -0.15) is 0 Å². The van der Waals surface area contributed by atoms with Crippen LogP contribution < -0.4 is 0 Å². The molecule has 0 fully saturated rings. The van der Waals surface area contributed by atoms with E-state index in [0.29, 0.717) is 0 Å². The van der Waals surface area contributed by atoms with Gasteiger partial charge in [-0.15, -0.1) is 11.3 Å². The van der Waals surface area contributed by atoms with Gasteiger partial charge in [0.25, 0.3) is 0 Å². The van der Waals surface area contributed by atoms with Gasteiger partial charge in [-0.3, -0.25) is 4.98 Å². The molecule has 0 radical (unpaired) electrons. The van der Waals surface area contributed by atoms with E-state index in [-0.39, 0.29) is 0 Å². The fourth-order valence-corrected chi connectivity index (χ4v) is 4.00. The lowest BCUT2D eigenvalue weighted by Crippen LogP contribution is -2.42. The largest absolute Gasteiger partial charge is 0.500 e. The van der Waals surface area contributed by atoms with E-state index < -0.39 is 8.80 Å². The summed E-state index contributed by atoms with van der Waals surface area (Å²) in [5.41, 5.74) is 1.87. The van der Waals surface area contributed by atoms with Crippen molar-refractivity contribution in [3.63, 3.8) is 0 Å². The minimum absolute atomic E-state index is 0.870. The molecule has 0 aromatic carbocycles. The summed E-state index contributed by atoms with van der Waals surface area (Å²) in [6.45, 7) is 0. The average molecular weight is 261 g/mol. The molecule has 1 aromatic heterocycles. The second-order valence-electron chi connectivity index (χ2n) is 3.47. The van der Waals surface area contributed by atoms with Gasteiger partial charge in [0, 0.05) is 38.4 Å². The first-order valence-corrected chi connectivity index (χ1v) is 8.10. The molecule has 4 nitrogen and oxygen atoms in total. The minimum atomic E-state index is -2.35. The maximum absolute atomic E-state index is 5.36. The van der Waals surface area contributed by atoms with Crippen LogP contribution in [0.5, 0.6) is 0 Å². The molecule has 0 atom stereocenters. The highest BCUT2D eigenvalue weighted by atomic mass is 32.1. The number of rotatable bonds is 8. The average Bonchev–Trinajstić information content (AvgIpc) is 2.83. The van der Waals surface area contributed by atoms with Crippen molar-refractivity contribution in [2.24, 2.45) is 0 Å². The summed E-state index contributed by atoms with van der Waals surface area (Å²) in [7, 11) is 2.61. The minimum Gasteiger partial charge on any atom is -0.377 e. The molecule has 0 aliphatic carbocycles. The molecule has 1 heterocycles. The molecule has 0 bridgehead atoms. The Morgan fingerprint density at radius 2 is 1.88 bits per heavy atom. The fraction of sp³-hybridized carbons (Fsp3) is 0.700. The van der Waals surface area contributed by atoms with Crippen LogP contribution in [-0.4, -0.2) is 35.1 Å². The maximum Gasteiger partial charge on any atom is 0.500 e. The number of unbranched alkanes of at least 4 members (excludes halogenated alkanes) is 1. The zero-order valence-corrected chi connectivity index (χ0v) is 11.9. The molecular formula is C10H19NO3SSi. The molecule has 0 N–H and O–H groups in total. The summed E-state index contributed by atoms with van der Waals surface area (Å²) >= 11 is 1.70. The van der Waals surface area contributed by atoms with Crippen molar-refractivity contribution in [3.05, 3.63) is 16.6 Å². The Kier molecular flexibility index (Phi) is 6.15. The fourth-order valence-electron chi connectivity index (χ4n) is 1.56. The third-order valence-electron chi connectivity index (χ3n) is 2.57. The maximum atomic E-state index is 5.36. The quantitative estimate of drug-likeness (QED) is 0.532. The Labute approximate surface area is 102 Å². The van der Waals surface area contributed by atoms with E-state index in [1.807, 2.05) is 11.7 Å². The number of aromatic nitrogens is 1. The molecule has 0 spiro atoms. The Hall–Kier alpha value is -0.273. The van der Waals surface area contributed by atoms with Crippen LogP contribution in [0.1, 0.15) is 17.7 Å². The van der Waals surface area contributed by atoms with Crippen molar-refractivity contribution >= 4 is 20.1 Å². The summed E-state index contributed by atoms with van der Waals surface area (Å²) in [6.07, 6.45) is 5.18. The second-order valence-corrected chi connectivity index (χ2v) is 7.53. The molecule has 0 aliphatic heterocycles. The van der Waals surface area contributed by atoms with E-state index in [1.165, 1.54) is 4.88 Å². The molecule has 16 heavy (non-hydrogen) atoms. The van der Waals surface area contributed by atoms with Crippen LogP contribution in [0.15, 0.2) is 11.7 Å². The molecule has 0 saturated carbocycles. The Bertz CT molecular complexity index is 269. The summed E-state index contributed by atoms with van der Waals surface area (Å²) in [4.78, 5) is 5.38. The molecule has 6 heteroatoms. The normalized spacial score (nSPS) is 11.9. The van der Waals surface area contributed by atoms with Gasteiger partial charge in [-0.05, 0) is 19.3 Å². The summed E-state index contributed by atoms with van der Waals surface area (Å²) in [5, 5.41) is 0. The smallest absolute Gasteiger partial charge is 0.377 e. The summed E-state index contributed by atoms with van der Waals surface area (Å²) in [6, 6.07) is 0.870. The Morgan fingerprint density at radius 1 is 1.19 bits per heavy atom.